The fraction of sp³-hybridized carbons (Fsp3) is 0.778. The number of carbonyl (C=O) groups is 2. The van der Waals surface area contributed by atoms with E-state index >= 15 is 0 Å². The summed E-state index contributed by atoms with van der Waals surface area (Å²) >= 11 is 0. The highest BCUT2D eigenvalue weighted by atomic mass is 16.2. The molecule has 0 saturated heterocycles. The molecule has 0 saturated carbocycles. The Labute approximate surface area is 146 Å². The summed E-state index contributed by atoms with van der Waals surface area (Å²) in [6, 6.07) is 0. The second-order valence-corrected chi connectivity index (χ2v) is 6.06. The van der Waals surface area contributed by atoms with Gasteiger partial charge in [0.05, 0.1) is 0 Å². The lowest BCUT2D eigenvalue weighted by molar-refractivity contribution is -0.139. The summed E-state index contributed by atoms with van der Waals surface area (Å²) in [6.45, 7) is 8.44. The van der Waals surface area contributed by atoms with Crippen molar-refractivity contribution >= 4 is 24.2 Å². The molecule has 0 spiro atoms. The van der Waals surface area contributed by atoms with Crippen molar-refractivity contribution in [3.8, 4) is 0 Å². The molecule has 6 nitrogen and oxygen atoms in total. The predicted octanol–water partition coefficient (Wildman–Crippen LogP) is 3.62. The van der Waals surface area contributed by atoms with E-state index in [1.54, 1.807) is 12.4 Å². The van der Waals surface area contributed by atoms with Crippen molar-refractivity contribution in [2.45, 2.75) is 79.1 Å². The van der Waals surface area contributed by atoms with Crippen LogP contribution < -0.4 is 10.9 Å². The molecule has 2 atom stereocenters. The average Bonchev–Trinajstić information content (AvgIpc) is 2.60. The molecular formula is C18H34N4O2. The first-order valence-electron chi connectivity index (χ1n) is 9.25. The highest BCUT2D eigenvalue weighted by Crippen LogP contribution is 2.10. The molecule has 24 heavy (non-hydrogen) atoms. The van der Waals surface area contributed by atoms with Crippen LogP contribution in [0.15, 0.2) is 10.2 Å². The van der Waals surface area contributed by atoms with Crippen molar-refractivity contribution in [3.63, 3.8) is 0 Å². The number of nitrogens with zero attached hydrogens (tertiary/aromatic N) is 2. The molecule has 0 aliphatic rings. The summed E-state index contributed by atoms with van der Waals surface area (Å²) in [5.74, 6) is -0.934. The van der Waals surface area contributed by atoms with Crippen molar-refractivity contribution in [3.05, 3.63) is 0 Å². The summed E-state index contributed by atoms with van der Waals surface area (Å²) in [5.41, 5.74) is 4.51. The number of nitrogens with one attached hydrogen (secondary N) is 2. The summed E-state index contributed by atoms with van der Waals surface area (Å²) in [7, 11) is 0. The van der Waals surface area contributed by atoms with E-state index in [9.17, 15) is 9.59 Å². The number of hydrogen-bond donors (Lipinski definition) is 2. The second kappa shape index (κ2) is 14.8. The Morgan fingerprint density at radius 2 is 1.17 bits per heavy atom. The number of hydrazone groups is 2. The summed E-state index contributed by atoms with van der Waals surface area (Å²) in [5, 5.41) is 7.76. The zero-order valence-corrected chi connectivity index (χ0v) is 15.7. The van der Waals surface area contributed by atoms with Gasteiger partial charge in [-0.1, -0.05) is 53.4 Å². The van der Waals surface area contributed by atoms with Gasteiger partial charge in [0.2, 0.25) is 0 Å². The second-order valence-electron chi connectivity index (χ2n) is 6.06. The minimum Gasteiger partial charge on any atom is -0.262 e. The van der Waals surface area contributed by atoms with Crippen LogP contribution in [0.25, 0.3) is 0 Å². The van der Waals surface area contributed by atoms with Crippen LogP contribution in [-0.2, 0) is 9.59 Å². The van der Waals surface area contributed by atoms with Crippen molar-refractivity contribution in [2.75, 3.05) is 0 Å². The topological polar surface area (TPSA) is 82.9 Å². The molecule has 0 aromatic carbocycles. The quantitative estimate of drug-likeness (QED) is 0.324. The van der Waals surface area contributed by atoms with Gasteiger partial charge in [0.25, 0.3) is 0 Å². The van der Waals surface area contributed by atoms with Crippen molar-refractivity contribution in [2.24, 2.45) is 22.0 Å². The first-order chi connectivity index (χ1) is 11.6. The first kappa shape index (κ1) is 22.3. The Morgan fingerprint density at radius 1 is 0.792 bits per heavy atom. The van der Waals surface area contributed by atoms with Gasteiger partial charge in [-0.15, -0.1) is 0 Å². The van der Waals surface area contributed by atoms with Crippen LogP contribution in [-0.4, -0.2) is 24.2 Å². The van der Waals surface area contributed by atoms with Gasteiger partial charge < -0.3 is 0 Å². The highest BCUT2D eigenvalue weighted by Gasteiger charge is 2.12. The first-order valence-corrected chi connectivity index (χ1v) is 9.25. The van der Waals surface area contributed by atoms with Crippen molar-refractivity contribution in [1.82, 2.24) is 10.9 Å². The lowest BCUT2D eigenvalue weighted by atomic mass is 10.0. The molecule has 2 N–H and O–H groups in total. The monoisotopic (exact) mass is 338 g/mol. The van der Waals surface area contributed by atoms with E-state index in [0.717, 1.165) is 51.4 Å². The van der Waals surface area contributed by atoms with Gasteiger partial charge in [0, 0.05) is 12.4 Å². The Bertz CT molecular complexity index is 370. The van der Waals surface area contributed by atoms with E-state index in [1.807, 2.05) is 0 Å². The molecule has 0 bridgehead atoms. The molecule has 0 unspecified atom stereocenters. The minimum atomic E-state index is -0.796. The molecule has 0 rings (SSSR count). The fourth-order valence-electron chi connectivity index (χ4n) is 2.20. The van der Waals surface area contributed by atoms with Crippen LogP contribution in [0.5, 0.6) is 0 Å². The SMILES string of the molecule is CCCC[C@H](/C=N/NC(=O)C(=O)N/N=C/[C@@H](CC)CCCC)CC. The summed E-state index contributed by atoms with van der Waals surface area (Å²) in [6.07, 6.45) is 12.0. The molecule has 0 heterocycles. The Kier molecular flexibility index (Phi) is 13.8. The standard InChI is InChI=1S/C18H34N4O2/c1-5-9-11-15(7-3)13-19-21-17(23)18(24)22-20-14-16(8-4)12-10-6-2/h13-16H,5-12H2,1-4H3,(H,21,23)(H,22,24)/b19-13+,20-14+/t15-,16+. The third-order valence-corrected chi connectivity index (χ3v) is 4.01. The van der Waals surface area contributed by atoms with Gasteiger partial charge in [-0.05, 0) is 37.5 Å². The predicted molar refractivity (Wildman–Crippen MR) is 99.9 cm³/mol. The number of unbranched alkanes of at least 4 members (excludes halogenated alkanes) is 2. The smallest absolute Gasteiger partial charge is 0.262 e. The van der Waals surface area contributed by atoms with Crippen LogP contribution in [0.2, 0.25) is 0 Å². The molecule has 0 aromatic rings. The zero-order valence-electron chi connectivity index (χ0n) is 15.7. The Balaban J connectivity index is 4.20. The fourth-order valence-corrected chi connectivity index (χ4v) is 2.20. The van der Waals surface area contributed by atoms with Gasteiger partial charge in [-0.3, -0.25) is 9.59 Å². The maximum Gasteiger partial charge on any atom is 0.331 e. The molecule has 0 fully saturated rings. The largest absolute Gasteiger partial charge is 0.331 e. The highest BCUT2D eigenvalue weighted by molar-refractivity contribution is 6.35. The molecule has 0 radical (unpaired) electrons. The Morgan fingerprint density at radius 3 is 1.46 bits per heavy atom. The average molecular weight is 338 g/mol. The van der Waals surface area contributed by atoms with E-state index in [-0.39, 0.29) is 0 Å². The van der Waals surface area contributed by atoms with Gasteiger partial charge in [-0.25, -0.2) is 10.9 Å². The molecule has 0 aliphatic carbocycles. The maximum absolute atomic E-state index is 11.6. The minimum absolute atomic E-state index is 0.329. The van der Waals surface area contributed by atoms with E-state index in [2.05, 4.69) is 48.7 Å². The summed E-state index contributed by atoms with van der Waals surface area (Å²) in [4.78, 5) is 23.3. The Hall–Kier alpha value is -1.72. The van der Waals surface area contributed by atoms with Crippen molar-refractivity contribution < 1.29 is 9.59 Å². The number of amides is 2. The molecule has 138 valence electrons. The summed E-state index contributed by atoms with van der Waals surface area (Å²) < 4.78 is 0. The van der Waals surface area contributed by atoms with Gasteiger partial charge in [0.15, 0.2) is 0 Å². The third kappa shape index (κ3) is 10.9. The lowest BCUT2D eigenvalue weighted by Crippen LogP contribution is -2.35. The number of carbonyl (C=O) groups excluding carboxylic acids is 2. The van der Waals surface area contributed by atoms with Crippen LogP contribution >= 0.6 is 0 Å². The van der Waals surface area contributed by atoms with Crippen molar-refractivity contribution in [1.29, 1.82) is 0 Å². The number of rotatable bonds is 12. The molecule has 6 heteroatoms. The van der Waals surface area contributed by atoms with Crippen LogP contribution in [0.3, 0.4) is 0 Å². The van der Waals surface area contributed by atoms with E-state index in [4.69, 9.17) is 0 Å². The van der Waals surface area contributed by atoms with Gasteiger partial charge in [0.1, 0.15) is 0 Å². The molecule has 0 aliphatic heterocycles. The van der Waals surface area contributed by atoms with Gasteiger partial charge in [-0.2, -0.15) is 10.2 Å². The van der Waals surface area contributed by atoms with Gasteiger partial charge >= 0.3 is 11.8 Å². The van der Waals surface area contributed by atoms with E-state index in [1.165, 1.54) is 0 Å². The number of hydrogen-bond acceptors (Lipinski definition) is 4. The normalized spacial score (nSPS) is 14.0. The molecular weight excluding hydrogens is 304 g/mol. The maximum atomic E-state index is 11.6. The zero-order chi connectivity index (χ0) is 18.2. The van der Waals surface area contributed by atoms with E-state index < -0.39 is 11.8 Å². The lowest BCUT2D eigenvalue weighted by Gasteiger charge is -2.08. The molecule has 0 aromatic heterocycles. The van der Waals surface area contributed by atoms with Crippen LogP contribution in [0, 0.1) is 11.8 Å². The third-order valence-electron chi connectivity index (χ3n) is 4.01. The van der Waals surface area contributed by atoms with E-state index in [0.29, 0.717) is 11.8 Å². The van der Waals surface area contributed by atoms with Crippen LogP contribution in [0.1, 0.15) is 79.1 Å². The molecule has 2 amide bonds. The van der Waals surface area contributed by atoms with Crippen LogP contribution in [0.4, 0.5) is 0 Å².